The van der Waals surface area contributed by atoms with Crippen molar-refractivity contribution in [3.63, 3.8) is 0 Å². The predicted octanol–water partition coefficient (Wildman–Crippen LogP) is 0.0215. The van der Waals surface area contributed by atoms with Gasteiger partial charge in [-0.25, -0.2) is 4.79 Å². The summed E-state index contributed by atoms with van der Waals surface area (Å²) in [6.45, 7) is -0.402. The summed E-state index contributed by atoms with van der Waals surface area (Å²) in [6, 6.07) is 2.97. The van der Waals surface area contributed by atoms with E-state index in [4.69, 9.17) is 0 Å². The van der Waals surface area contributed by atoms with Gasteiger partial charge < -0.3 is 15.5 Å². The number of aliphatic carboxylic acids is 1. The van der Waals surface area contributed by atoms with Gasteiger partial charge in [0.15, 0.2) is 0 Å². The smallest absolute Gasteiger partial charge is 0.352 e. The number of thiophene rings is 1. The minimum Gasteiger partial charge on any atom is -0.477 e. The Morgan fingerprint density at radius 1 is 1.43 bits per heavy atom. The van der Waals surface area contributed by atoms with Gasteiger partial charge in [0.2, 0.25) is 5.91 Å². The zero-order valence-corrected chi connectivity index (χ0v) is 13.5. The number of carboxylic acids is 1. The summed E-state index contributed by atoms with van der Waals surface area (Å²) in [5.74, 6) is -1.63. The molecule has 0 saturated carbocycles. The highest BCUT2D eigenvalue weighted by Crippen LogP contribution is 2.40. The van der Waals surface area contributed by atoms with Gasteiger partial charge in [-0.05, 0) is 17.0 Å². The highest BCUT2D eigenvalue weighted by atomic mass is 32.2. The molecule has 23 heavy (non-hydrogen) atoms. The monoisotopic (exact) mass is 354 g/mol. The van der Waals surface area contributed by atoms with Crippen LogP contribution in [0.4, 0.5) is 0 Å². The number of hydrogen-bond donors (Lipinski definition) is 3. The molecule has 0 radical (unpaired) electrons. The fraction of sp³-hybridized carbons (Fsp3) is 0.357. The summed E-state index contributed by atoms with van der Waals surface area (Å²) in [7, 11) is 0. The summed E-state index contributed by atoms with van der Waals surface area (Å²) in [4.78, 5) is 37.6. The van der Waals surface area contributed by atoms with E-state index in [1.165, 1.54) is 23.1 Å². The van der Waals surface area contributed by atoms with E-state index in [0.29, 0.717) is 11.3 Å². The summed E-state index contributed by atoms with van der Waals surface area (Å²) in [6.07, 6.45) is 0.197. The first-order valence-electron chi connectivity index (χ1n) is 6.85. The van der Waals surface area contributed by atoms with Gasteiger partial charge in [0, 0.05) is 10.6 Å². The molecule has 3 N–H and O–H groups in total. The normalized spacial score (nSPS) is 23.3. The number of carboxylic acid groups (broad SMARTS) is 1. The van der Waals surface area contributed by atoms with Crippen LogP contribution in [0, 0.1) is 0 Å². The fourth-order valence-corrected chi connectivity index (χ4v) is 4.64. The van der Waals surface area contributed by atoms with E-state index in [9.17, 15) is 24.6 Å². The molecule has 1 aromatic rings. The minimum atomic E-state index is -1.24. The first-order chi connectivity index (χ1) is 11.0. The highest BCUT2D eigenvalue weighted by Gasteiger charge is 2.54. The molecule has 0 aromatic carbocycles. The van der Waals surface area contributed by atoms with Gasteiger partial charge in [-0.3, -0.25) is 14.5 Å². The zero-order valence-electron chi connectivity index (χ0n) is 11.9. The van der Waals surface area contributed by atoms with Gasteiger partial charge >= 0.3 is 5.97 Å². The Hall–Kier alpha value is -1.84. The molecule has 2 aliphatic heterocycles. The molecule has 3 rings (SSSR count). The van der Waals surface area contributed by atoms with Crippen molar-refractivity contribution in [2.75, 3.05) is 12.4 Å². The molecule has 7 nitrogen and oxygen atoms in total. The molecule has 9 heteroatoms. The number of amides is 2. The average molecular weight is 354 g/mol. The predicted molar refractivity (Wildman–Crippen MR) is 84.8 cm³/mol. The molecule has 1 fully saturated rings. The molecule has 1 saturated heterocycles. The summed E-state index contributed by atoms with van der Waals surface area (Å²) in [5.41, 5.74) is 0.153. The fourth-order valence-electron chi connectivity index (χ4n) is 2.60. The van der Waals surface area contributed by atoms with Crippen molar-refractivity contribution in [1.82, 2.24) is 10.2 Å². The maximum absolute atomic E-state index is 12.2. The molecule has 1 aromatic heterocycles. The third-order valence-corrected chi connectivity index (χ3v) is 5.89. The van der Waals surface area contributed by atoms with Crippen molar-refractivity contribution in [1.29, 1.82) is 0 Å². The minimum absolute atomic E-state index is 0.162. The first-order valence-corrected chi connectivity index (χ1v) is 8.78. The van der Waals surface area contributed by atoms with E-state index in [-0.39, 0.29) is 18.0 Å². The number of rotatable bonds is 5. The lowest BCUT2D eigenvalue weighted by atomic mass is 10.0. The number of β-lactam (4-membered cyclic amide) rings is 1. The summed E-state index contributed by atoms with van der Waals surface area (Å²) in [5, 5.41) is 22.6. The lowest BCUT2D eigenvalue weighted by molar-refractivity contribution is -0.150. The Balaban J connectivity index is 1.69. The van der Waals surface area contributed by atoms with Gasteiger partial charge in [0.1, 0.15) is 17.1 Å². The van der Waals surface area contributed by atoms with Crippen LogP contribution in [-0.4, -0.2) is 56.7 Å². The van der Waals surface area contributed by atoms with Crippen LogP contribution in [0.15, 0.2) is 28.8 Å². The van der Waals surface area contributed by atoms with E-state index in [2.05, 4.69) is 5.32 Å². The quantitative estimate of drug-likeness (QED) is 0.644. The van der Waals surface area contributed by atoms with Gasteiger partial charge in [-0.15, -0.1) is 23.1 Å². The van der Waals surface area contributed by atoms with Gasteiger partial charge in [-0.1, -0.05) is 6.07 Å². The molecular formula is C14H14N2O5S2. The van der Waals surface area contributed by atoms with Crippen molar-refractivity contribution in [3.05, 3.63) is 33.7 Å². The number of carbonyl (C=O) groups excluding carboxylic acids is 2. The largest absolute Gasteiger partial charge is 0.477 e. The van der Waals surface area contributed by atoms with Crippen LogP contribution in [0.2, 0.25) is 0 Å². The number of nitrogens with zero attached hydrogens (tertiary/aromatic N) is 1. The zero-order chi connectivity index (χ0) is 16.6. The first kappa shape index (κ1) is 16.0. The van der Waals surface area contributed by atoms with Gasteiger partial charge in [0.05, 0.1) is 13.0 Å². The number of hydrogen-bond acceptors (Lipinski definition) is 6. The summed E-state index contributed by atoms with van der Waals surface area (Å²) >= 11 is 2.80. The Morgan fingerprint density at radius 2 is 2.22 bits per heavy atom. The molecule has 2 amide bonds. The van der Waals surface area contributed by atoms with E-state index in [1.54, 1.807) is 0 Å². The molecule has 0 spiro atoms. The van der Waals surface area contributed by atoms with Crippen molar-refractivity contribution in [2.45, 2.75) is 17.8 Å². The lowest BCUT2D eigenvalue weighted by Crippen LogP contribution is -2.70. The average Bonchev–Trinajstić information content (AvgIpc) is 3.03. The van der Waals surface area contributed by atoms with E-state index >= 15 is 0 Å². The van der Waals surface area contributed by atoms with Crippen LogP contribution in [-0.2, 0) is 20.8 Å². The van der Waals surface area contributed by atoms with Crippen LogP contribution in [0.5, 0.6) is 0 Å². The lowest BCUT2D eigenvalue weighted by Gasteiger charge is -2.49. The Bertz CT molecular complexity index is 685. The molecule has 2 aliphatic rings. The summed E-state index contributed by atoms with van der Waals surface area (Å²) < 4.78 is 0. The number of aliphatic hydroxyl groups excluding tert-OH is 1. The van der Waals surface area contributed by atoms with Crippen LogP contribution in [0.1, 0.15) is 4.88 Å². The second kappa shape index (κ2) is 6.34. The van der Waals surface area contributed by atoms with Crippen molar-refractivity contribution < 1.29 is 24.6 Å². The molecule has 122 valence electrons. The molecule has 3 heterocycles. The van der Waals surface area contributed by atoms with Crippen LogP contribution < -0.4 is 5.32 Å². The Morgan fingerprint density at radius 3 is 2.83 bits per heavy atom. The van der Waals surface area contributed by atoms with Crippen molar-refractivity contribution >= 4 is 40.9 Å². The Kier molecular flexibility index (Phi) is 4.42. The maximum atomic E-state index is 12.2. The van der Waals surface area contributed by atoms with Crippen LogP contribution in [0.3, 0.4) is 0 Å². The topological polar surface area (TPSA) is 107 Å². The number of thioether (sulfide) groups is 1. The van der Waals surface area contributed by atoms with Crippen molar-refractivity contribution in [3.8, 4) is 0 Å². The number of aliphatic hydroxyl groups is 1. The number of carbonyl (C=O) groups is 3. The molecular weight excluding hydrogens is 340 g/mol. The number of fused-ring (bicyclic) bond motifs is 1. The maximum Gasteiger partial charge on any atom is 0.352 e. The van der Waals surface area contributed by atoms with E-state index in [1.807, 2.05) is 17.5 Å². The molecule has 2 atom stereocenters. The second-order valence-corrected chi connectivity index (χ2v) is 7.26. The van der Waals surface area contributed by atoms with Crippen molar-refractivity contribution in [2.24, 2.45) is 0 Å². The second-order valence-electron chi connectivity index (χ2n) is 5.13. The third-order valence-electron chi connectivity index (χ3n) is 3.67. The highest BCUT2D eigenvalue weighted by molar-refractivity contribution is 8.00. The standard InChI is InChI=1S/C14H14N2O5S2/c17-5-7-6-23-13-10(12(19)16(13)11(7)14(20)21)15-9(18)4-8-2-1-3-22-8/h1-3,10,13,17H,4-6H2,(H,15,18)(H,20,21)/t10-,13?/m1/s1. The van der Waals surface area contributed by atoms with E-state index < -0.39 is 29.9 Å². The SMILES string of the molecule is O=C(Cc1cccs1)N[C@@H]1C(=O)N2C(C(=O)O)=C(CO)CSC12. The Labute approximate surface area is 140 Å². The van der Waals surface area contributed by atoms with Crippen LogP contribution >= 0.6 is 23.1 Å². The number of nitrogens with one attached hydrogen (secondary N) is 1. The van der Waals surface area contributed by atoms with E-state index in [0.717, 1.165) is 9.78 Å². The van der Waals surface area contributed by atoms with Crippen LogP contribution in [0.25, 0.3) is 0 Å². The molecule has 0 bridgehead atoms. The van der Waals surface area contributed by atoms with Gasteiger partial charge in [-0.2, -0.15) is 0 Å². The molecule has 1 unspecified atom stereocenters. The van der Waals surface area contributed by atoms with Gasteiger partial charge in [0.25, 0.3) is 5.91 Å². The molecule has 0 aliphatic carbocycles. The third kappa shape index (κ3) is 2.87.